The fourth-order valence-electron chi connectivity index (χ4n) is 4.54. The lowest BCUT2D eigenvalue weighted by molar-refractivity contribution is 0.691. The van der Waals surface area contributed by atoms with Gasteiger partial charge in [0.15, 0.2) is 11.5 Å². The number of fused-ring (bicyclic) bond motifs is 2. The summed E-state index contributed by atoms with van der Waals surface area (Å²) in [5, 5.41) is 13.2. The van der Waals surface area contributed by atoms with Crippen LogP contribution >= 0.6 is 11.3 Å². The number of hydrogen-bond acceptors (Lipinski definition) is 7. The largest absolute Gasteiger partial charge is 0.336 e. The molecule has 0 aliphatic carbocycles. The van der Waals surface area contributed by atoms with Crippen LogP contribution < -0.4 is 5.32 Å². The molecular formula is C29H22N8S. The molecule has 1 aromatic carbocycles. The molecule has 3 N–H and O–H groups in total. The van der Waals surface area contributed by atoms with Crippen LogP contribution in [0.3, 0.4) is 0 Å². The maximum Gasteiger partial charge on any atom is 0.161 e. The van der Waals surface area contributed by atoms with Gasteiger partial charge in [-0.05, 0) is 46.8 Å². The van der Waals surface area contributed by atoms with Crippen LogP contribution in [-0.2, 0) is 13.1 Å². The molecule has 6 aromatic heterocycles. The van der Waals surface area contributed by atoms with Crippen LogP contribution in [0.5, 0.6) is 0 Å². The predicted octanol–water partition coefficient (Wildman–Crippen LogP) is 5.98. The highest BCUT2D eigenvalue weighted by Gasteiger charge is 2.17. The molecule has 0 unspecified atom stereocenters. The zero-order chi connectivity index (χ0) is 25.3. The molecule has 8 nitrogen and oxygen atoms in total. The Morgan fingerprint density at radius 2 is 1.68 bits per heavy atom. The number of imidazole rings is 1. The Hall–Kier alpha value is -4.73. The lowest BCUT2D eigenvalue weighted by atomic mass is 10.1. The van der Waals surface area contributed by atoms with E-state index >= 15 is 0 Å². The van der Waals surface area contributed by atoms with Crippen molar-refractivity contribution < 1.29 is 0 Å². The quantitative estimate of drug-likeness (QED) is 0.242. The average molecular weight is 515 g/mol. The van der Waals surface area contributed by atoms with Crippen LogP contribution in [0.4, 0.5) is 0 Å². The van der Waals surface area contributed by atoms with Crippen LogP contribution in [0.2, 0.25) is 0 Å². The van der Waals surface area contributed by atoms with Crippen molar-refractivity contribution in [2.45, 2.75) is 13.1 Å². The van der Waals surface area contributed by atoms with Crippen molar-refractivity contribution in [2.24, 2.45) is 0 Å². The number of benzene rings is 1. The van der Waals surface area contributed by atoms with Gasteiger partial charge in [0, 0.05) is 37.2 Å². The van der Waals surface area contributed by atoms with Crippen LogP contribution in [-0.4, -0.2) is 35.1 Å². The first kappa shape index (κ1) is 22.5. The van der Waals surface area contributed by atoms with Crippen molar-refractivity contribution in [3.8, 4) is 33.3 Å². The van der Waals surface area contributed by atoms with Gasteiger partial charge in [-0.15, -0.1) is 11.3 Å². The summed E-state index contributed by atoms with van der Waals surface area (Å²) in [6, 6.07) is 22.5. The van der Waals surface area contributed by atoms with Gasteiger partial charge in [0.1, 0.15) is 16.7 Å². The van der Waals surface area contributed by atoms with Gasteiger partial charge in [-0.1, -0.05) is 36.4 Å². The number of rotatable bonds is 7. The Morgan fingerprint density at radius 1 is 0.789 bits per heavy atom. The smallest absolute Gasteiger partial charge is 0.161 e. The highest BCUT2D eigenvalue weighted by Crippen LogP contribution is 2.32. The first-order chi connectivity index (χ1) is 18.8. The molecular weight excluding hydrogens is 492 g/mol. The number of nitrogens with zero attached hydrogens (tertiary/aromatic N) is 5. The van der Waals surface area contributed by atoms with E-state index in [0.717, 1.165) is 56.0 Å². The molecule has 38 heavy (non-hydrogen) atoms. The third-order valence-electron chi connectivity index (χ3n) is 6.38. The van der Waals surface area contributed by atoms with Crippen molar-refractivity contribution in [3.05, 3.63) is 102 Å². The summed E-state index contributed by atoms with van der Waals surface area (Å²) in [6.07, 6.45) is 5.53. The lowest BCUT2D eigenvalue weighted by Crippen LogP contribution is -2.12. The minimum atomic E-state index is 0.652. The molecule has 7 aromatic rings. The molecule has 0 bridgehead atoms. The van der Waals surface area contributed by atoms with E-state index in [1.165, 1.54) is 5.56 Å². The Labute approximate surface area is 221 Å². The maximum absolute atomic E-state index is 4.97. The van der Waals surface area contributed by atoms with E-state index in [1.54, 1.807) is 17.5 Å². The summed E-state index contributed by atoms with van der Waals surface area (Å²) in [5.74, 6) is 0.652. The molecule has 0 amide bonds. The number of aromatic amines is 2. The molecule has 0 aliphatic rings. The summed E-state index contributed by atoms with van der Waals surface area (Å²) in [5.41, 5.74) is 8.97. The maximum atomic E-state index is 4.97. The normalized spacial score (nSPS) is 11.5. The second kappa shape index (κ2) is 9.62. The summed E-state index contributed by atoms with van der Waals surface area (Å²) in [7, 11) is 0. The number of nitrogens with one attached hydrogen (secondary N) is 3. The SMILES string of the molecule is c1ccc(CNCc2cncc(-c3ccc4[nH]nc(-c5nc6c(-c7cccs7)nccc6[nH]5)c4n3)c2)cc1. The minimum absolute atomic E-state index is 0.652. The Morgan fingerprint density at radius 3 is 2.58 bits per heavy atom. The van der Waals surface area contributed by atoms with E-state index in [-0.39, 0.29) is 0 Å². The third-order valence-corrected chi connectivity index (χ3v) is 7.26. The minimum Gasteiger partial charge on any atom is -0.336 e. The molecule has 184 valence electrons. The third kappa shape index (κ3) is 4.23. The first-order valence-electron chi connectivity index (χ1n) is 12.2. The number of H-pyrrole nitrogens is 2. The van der Waals surface area contributed by atoms with Crippen LogP contribution in [0.1, 0.15) is 11.1 Å². The fraction of sp³-hybridized carbons (Fsp3) is 0.0690. The van der Waals surface area contributed by atoms with Crippen molar-refractivity contribution in [1.29, 1.82) is 0 Å². The van der Waals surface area contributed by atoms with Crippen molar-refractivity contribution in [1.82, 2.24) is 40.4 Å². The van der Waals surface area contributed by atoms with Crippen LogP contribution in [0, 0.1) is 0 Å². The number of pyridine rings is 3. The van der Waals surface area contributed by atoms with Gasteiger partial charge in [0.05, 0.1) is 21.6 Å². The van der Waals surface area contributed by atoms with Crippen molar-refractivity contribution in [2.75, 3.05) is 0 Å². The summed E-state index contributed by atoms with van der Waals surface area (Å²) in [4.78, 5) is 23.4. The molecule has 7 rings (SSSR count). The Balaban J connectivity index is 1.20. The fourth-order valence-corrected chi connectivity index (χ4v) is 5.26. The van der Waals surface area contributed by atoms with E-state index in [9.17, 15) is 0 Å². The molecule has 0 atom stereocenters. The Bertz CT molecular complexity index is 1850. The number of hydrogen-bond donors (Lipinski definition) is 3. The molecule has 0 fully saturated rings. The number of aromatic nitrogens is 7. The van der Waals surface area contributed by atoms with Gasteiger partial charge < -0.3 is 10.3 Å². The average Bonchev–Trinajstić information content (AvgIpc) is 3.73. The van der Waals surface area contributed by atoms with Gasteiger partial charge in [0.25, 0.3) is 0 Å². The predicted molar refractivity (Wildman–Crippen MR) is 150 cm³/mol. The van der Waals surface area contributed by atoms with E-state index in [1.807, 2.05) is 48.1 Å². The highest BCUT2D eigenvalue weighted by molar-refractivity contribution is 7.13. The molecule has 9 heteroatoms. The molecule has 0 spiro atoms. The van der Waals surface area contributed by atoms with Gasteiger partial charge in [0.2, 0.25) is 0 Å². The van der Waals surface area contributed by atoms with Crippen LogP contribution in [0.25, 0.3) is 55.4 Å². The summed E-state index contributed by atoms with van der Waals surface area (Å²) in [6.45, 7) is 1.52. The lowest BCUT2D eigenvalue weighted by Gasteiger charge is -2.07. The van der Waals surface area contributed by atoms with Gasteiger partial charge in [-0.2, -0.15) is 5.10 Å². The monoisotopic (exact) mass is 514 g/mol. The topological polar surface area (TPSA) is 108 Å². The van der Waals surface area contributed by atoms with E-state index in [0.29, 0.717) is 18.1 Å². The molecule has 0 saturated heterocycles. The Kier molecular flexibility index (Phi) is 5.69. The van der Waals surface area contributed by atoms with E-state index in [4.69, 9.17) is 9.97 Å². The molecule has 0 aliphatic heterocycles. The molecule has 0 saturated carbocycles. The molecule has 0 radical (unpaired) electrons. The van der Waals surface area contributed by atoms with E-state index < -0.39 is 0 Å². The van der Waals surface area contributed by atoms with Gasteiger partial charge in [-0.25, -0.2) is 9.97 Å². The summed E-state index contributed by atoms with van der Waals surface area (Å²) >= 11 is 1.64. The zero-order valence-corrected chi connectivity index (χ0v) is 21.0. The standard InChI is InChI=1S/C29H22N8S/c1-2-5-18(6-3-1)14-30-15-19-13-20(17-31-16-19)21-8-9-23-26(33-21)28(37-36-23)29-34-22-10-11-32-27(25(22)35-29)24-7-4-12-38-24/h1-13,16-17,30H,14-15H2,(H,34,35)(H,36,37). The van der Waals surface area contributed by atoms with Crippen molar-refractivity contribution in [3.63, 3.8) is 0 Å². The summed E-state index contributed by atoms with van der Waals surface area (Å²) < 4.78 is 0. The van der Waals surface area contributed by atoms with E-state index in [2.05, 4.69) is 66.9 Å². The highest BCUT2D eigenvalue weighted by atomic mass is 32.1. The van der Waals surface area contributed by atoms with Gasteiger partial charge in [-0.3, -0.25) is 15.1 Å². The second-order valence-electron chi connectivity index (χ2n) is 8.95. The molecule has 6 heterocycles. The van der Waals surface area contributed by atoms with Gasteiger partial charge >= 0.3 is 0 Å². The first-order valence-corrected chi connectivity index (χ1v) is 13.1. The number of thiophene rings is 1. The second-order valence-corrected chi connectivity index (χ2v) is 9.90. The van der Waals surface area contributed by atoms with Crippen LogP contribution in [0.15, 0.2) is 90.7 Å². The zero-order valence-electron chi connectivity index (χ0n) is 20.2. The van der Waals surface area contributed by atoms with Crippen molar-refractivity contribution >= 4 is 33.4 Å².